The van der Waals surface area contributed by atoms with E-state index in [1.54, 1.807) is 6.20 Å². The van der Waals surface area contributed by atoms with E-state index in [0.29, 0.717) is 0 Å². The van der Waals surface area contributed by atoms with Crippen LogP contribution < -0.4 is 5.32 Å². The van der Waals surface area contributed by atoms with Crippen LogP contribution in [0.3, 0.4) is 0 Å². The molecule has 2 aromatic rings. The van der Waals surface area contributed by atoms with Crippen LogP contribution >= 0.6 is 11.6 Å². The highest BCUT2D eigenvalue weighted by atomic mass is 35.5. The van der Waals surface area contributed by atoms with Crippen LogP contribution in [-0.4, -0.2) is 28.5 Å². The third kappa shape index (κ3) is 5.33. The number of halogens is 1. The summed E-state index contributed by atoms with van der Waals surface area (Å²) >= 11 is 6.00. The lowest BCUT2D eigenvalue weighted by Gasteiger charge is -2.16. The summed E-state index contributed by atoms with van der Waals surface area (Å²) in [6, 6.07) is 7.92. The Balaban J connectivity index is 1.88. The van der Waals surface area contributed by atoms with Crippen molar-refractivity contribution in [1.82, 2.24) is 14.9 Å². The molecule has 1 heterocycles. The molecule has 0 amide bonds. The molecule has 112 valence electrons. The molecule has 0 aliphatic heterocycles. The normalized spacial score (nSPS) is 10.9. The van der Waals surface area contributed by atoms with E-state index >= 15 is 0 Å². The lowest BCUT2D eigenvalue weighted by Crippen LogP contribution is -2.18. The zero-order valence-corrected chi connectivity index (χ0v) is 13.3. The molecule has 1 aromatic carbocycles. The van der Waals surface area contributed by atoms with Gasteiger partial charge in [0.25, 0.3) is 0 Å². The van der Waals surface area contributed by atoms with Crippen LogP contribution in [0, 0.1) is 0 Å². The Bertz CT molecular complexity index is 556. The molecule has 0 bridgehead atoms. The first-order chi connectivity index (χ1) is 10.2. The summed E-state index contributed by atoms with van der Waals surface area (Å²) in [7, 11) is 2.06. The van der Waals surface area contributed by atoms with E-state index in [1.807, 2.05) is 24.4 Å². The van der Waals surface area contributed by atoms with Crippen LogP contribution in [0.4, 0.5) is 5.82 Å². The van der Waals surface area contributed by atoms with E-state index < -0.39 is 0 Å². The second kappa shape index (κ2) is 7.96. The van der Waals surface area contributed by atoms with Crippen molar-refractivity contribution in [3.05, 3.63) is 52.9 Å². The topological polar surface area (TPSA) is 41.1 Å². The van der Waals surface area contributed by atoms with Gasteiger partial charge < -0.3 is 5.32 Å². The van der Waals surface area contributed by atoms with Crippen molar-refractivity contribution in [2.75, 3.05) is 18.9 Å². The molecular weight excluding hydrogens is 284 g/mol. The Morgan fingerprint density at radius 3 is 2.71 bits per heavy atom. The summed E-state index contributed by atoms with van der Waals surface area (Å²) in [5.41, 5.74) is 2.15. The standard InChI is InChI=1S/C16H21ClN4/c1-3-7-18-16-10-19-15(9-20-16)12-21(2)11-13-5-4-6-14(17)8-13/h4-6,8-10H,3,7,11-12H2,1-2H3,(H,18,20). The summed E-state index contributed by atoms with van der Waals surface area (Å²) < 4.78 is 0. The van der Waals surface area contributed by atoms with Gasteiger partial charge in [-0.2, -0.15) is 0 Å². The number of benzene rings is 1. The monoisotopic (exact) mass is 304 g/mol. The van der Waals surface area contributed by atoms with Crippen molar-refractivity contribution in [3.8, 4) is 0 Å². The van der Waals surface area contributed by atoms with Gasteiger partial charge in [0.2, 0.25) is 0 Å². The SMILES string of the molecule is CCCNc1cnc(CN(C)Cc2cccc(Cl)c2)cn1. The fourth-order valence-corrected chi connectivity index (χ4v) is 2.27. The minimum atomic E-state index is 0.758. The van der Waals surface area contributed by atoms with Crippen molar-refractivity contribution < 1.29 is 0 Å². The Hall–Kier alpha value is -1.65. The van der Waals surface area contributed by atoms with E-state index in [-0.39, 0.29) is 0 Å². The molecule has 0 fully saturated rings. The lowest BCUT2D eigenvalue weighted by molar-refractivity contribution is 0.314. The molecule has 0 saturated heterocycles. The molecule has 2 rings (SSSR count). The number of hydrogen-bond acceptors (Lipinski definition) is 4. The molecule has 0 saturated carbocycles. The van der Waals surface area contributed by atoms with Gasteiger partial charge in [0.05, 0.1) is 18.1 Å². The van der Waals surface area contributed by atoms with Gasteiger partial charge in [-0.3, -0.25) is 9.88 Å². The van der Waals surface area contributed by atoms with Crippen molar-refractivity contribution in [2.24, 2.45) is 0 Å². The number of nitrogens with zero attached hydrogens (tertiary/aromatic N) is 3. The number of hydrogen-bond donors (Lipinski definition) is 1. The average molecular weight is 305 g/mol. The fraction of sp³-hybridized carbons (Fsp3) is 0.375. The van der Waals surface area contributed by atoms with E-state index in [1.165, 1.54) is 5.56 Å². The smallest absolute Gasteiger partial charge is 0.144 e. The molecular formula is C16H21ClN4. The molecule has 0 atom stereocenters. The number of anilines is 1. The maximum Gasteiger partial charge on any atom is 0.144 e. The summed E-state index contributed by atoms with van der Waals surface area (Å²) in [6.07, 6.45) is 4.69. The van der Waals surface area contributed by atoms with Gasteiger partial charge in [0.1, 0.15) is 5.82 Å². The van der Waals surface area contributed by atoms with Gasteiger partial charge in [-0.05, 0) is 31.2 Å². The summed E-state index contributed by atoms with van der Waals surface area (Å²) in [6.45, 7) is 4.63. The Kier molecular flexibility index (Phi) is 5.96. The zero-order chi connectivity index (χ0) is 15.1. The van der Waals surface area contributed by atoms with Crippen LogP contribution in [0.25, 0.3) is 0 Å². The fourth-order valence-electron chi connectivity index (χ4n) is 2.06. The molecule has 4 nitrogen and oxygen atoms in total. The average Bonchev–Trinajstić information content (AvgIpc) is 2.46. The van der Waals surface area contributed by atoms with Crippen molar-refractivity contribution in [2.45, 2.75) is 26.4 Å². The van der Waals surface area contributed by atoms with Gasteiger partial charge in [-0.1, -0.05) is 30.7 Å². The maximum atomic E-state index is 6.00. The third-order valence-corrected chi connectivity index (χ3v) is 3.27. The zero-order valence-electron chi connectivity index (χ0n) is 12.5. The van der Waals surface area contributed by atoms with Gasteiger partial charge in [0.15, 0.2) is 0 Å². The Morgan fingerprint density at radius 1 is 1.19 bits per heavy atom. The van der Waals surface area contributed by atoms with Crippen LogP contribution in [0.15, 0.2) is 36.7 Å². The molecule has 5 heteroatoms. The van der Waals surface area contributed by atoms with E-state index in [0.717, 1.165) is 42.6 Å². The molecule has 0 radical (unpaired) electrons. The molecule has 21 heavy (non-hydrogen) atoms. The number of rotatable bonds is 7. The third-order valence-electron chi connectivity index (χ3n) is 3.03. The molecule has 1 N–H and O–H groups in total. The minimum absolute atomic E-state index is 0.758. The highest BCUT2D eigenvalue weighted by Gasteiger charge is 2.04. The van der Waals surface area contributed by atoms with E-state index in [4.69, 9.17) is 11.6 Å². The largest absolute Gasteiger partial charge is 0.369 e. The second-order valence-electron chi connectivity index (χ2n) is 5.12. The highest BCUT2D eigenvalue weighted by Crippen LogP contribution is 2.13. The minimum Gasteiger partial charge on any atom is -0.369 e. The van der Waals surface area contributed by atoms with E-state index in [9.17, 15) is 0 Å². The predicted molar refractivity (Wildman–Crippen MR) is 87.4 cm³/mol. The van der Waals surface area contributed by atoms with Gasteiger partial charge in [-0.15, -0.1) is 0 Å². The first kappa shape index (κ1) is 15.7. The van der Waals surface area contributed by atoms with Gasteiger partial charge >= 0.3 is 0 Å². The molecule has 0 unspecified atom stereocenters. The Labute approximate surface area is 131 Å². The van der Waals surface area contributed by atoms with Crippen LogP contribution in [-0.2, 0) is 13.1 Å². The predicted octanol–water partition coefficient (Wildman–Crippen LogP) is 3.58. The molecule has 0 spiro atoms. The van der Waals surface area contributed by atoms with Gasteiger partial charge in [-0.25, -0.2) is 4.98 Å². The number of nitrogens with one attached hydrogen (secondary N) is 1. The Morgan fingerprint density at radius 2 is 2.05 bits per heavy atom. The van der Waals surface area contributed by atoms with Crippen molar-refractivity contribution in [1.29, 1.82) is 0 Å². The van der Waals surface area contributed by atoms with Crippen LogP contribution in [0.2, 0.25) is 5.02 Å². The lowest BCUT2D eigenvalue weighted by atomic mass is 10.2. The van der Waals surface area contributed by atoms with Crippen LogP contribution in [0.5, 0.6) is 0 Å². The van der Waals surface area contributed by atoms with Crippen molar-refractivity contribution in [3.63, 3.8) is 0 Å². The maximum absolute atomic E-state index is 6.00. The summed E-state index contributed by atoms with van der Waals surface area (Å²) in [5, 5.41) is 3.99. The van der Waals surface area contributed by atoms with Gasteiger partial charge in [0, 0.05) is 24.7 Å². The molecule has 0 aliphatic rings. The van der Waals surface area contributed by atoms with E-state index in [2.05, 4.69) is 40.2 Å². The van der Waals surface area contributed by atoms with Crippen LogP contribution in [0.1, 0.15) is 24.6 Å². The first-order valence-electron chi connectivity index (χ1n) is 7.15. The first-order valence-corrected chi connectivity index (χ1v) is 7.53. The van der Waals surface area contributed by atoms with Crippen molar-refractivity contribution >= 4 is 17.4 Å². The molecule has 0 aliphatic carbocycles. The highest BCUT2D eigenvalue weighted by molar-refractivity contribution is 6.30. The summed E-state index contributed by atoms with van der Waals surface area (Å²) in [4.78, 5) is 11.0. The number of aromatic nitrogens is 2. The molecule has 1 aromatic heterocycles. The summed E-state index contributed by atoms with van der Waals surface area (Å²) in [5.74, 6) is 0.832. The second-order valence-corrected chi connectivity index (χ2v) is 5.56. The quantitative estimate of drug-likeness (QED) is 0.849.